The molecule has 8 heteroatoms. The summed E-state index contributed by atoms with van der Waals surface area (Å²) in [5, 5.41) is 2.72. The molecule has 35 heavy (non-hydrogen) atoms. The van der Waals surface area contributed by atoms with E-state index in [0.717, 1.165) is 16.7 Å². The summed E-state index contributed by atoms with van der Waals surface area (Å²) in [6.45, 7) is 1.45. The summed E-state index contributed by atoms with van der Waals surface area (Å²) in [6.07, 6.45) is 3.36. The van der Waals surface area contributed by atoms with Crippen LogP contribution in [0.25, 0.3) is 11.0 Å². The van der Waals surface area contributed by atoms with E-state index in [2.05, 4.69) is 5.32 Å². The molecule has 0 saturated carbocycles. The van der Waals surface area contributed by atoms with Gasteiger partial charge in [-0.3, -0.25) is 18.7 Å². The number of nitrogens with zero attached hydrogens (tertiary/aromatic N) is 1. The summed E-state index contributed by atoms with van der Waals surface area (Å²) in [6, 6.07) is 26.2. The molecular formula is C27H22N2O3S3. The second-order valence-electron chi connectivity index (χ2n) is 7.69. The fourth-order valence-corrected chi connectivity index (χ4v) is 5.88. The van der Waals surface area contributed by atoms with Crippen molar-refractivity contribution in [2.24, 2.45) is 0 Å². The molecule has 4 rings (SSSR count). The maximum Gasteiger partial charge on any atom is 0.270 e. The third kappa shape index (κ3) is 6.42. The van der Waals surface area contributed by atoms with Gasteiger partial charge in [-0.25, -0.2) is 0 Å². The van der Waals surface area contributed by atoms with Gasteiger partial charge in [-0.15, -0.1) is 0 Å². The molecule has 176 valence electrons. The van der Waals surface area contributed by atoms with Gasteiger partial charge in [0.05, 0.1) is 26.4 Å². The first-order valence-electron chi connectivity index (χ1n) is 10.7. The molecule has 3 aromatic rings. The van der Waals surface area contributed by atoms with Crippen LogP contribution in [0, 0.1) is 0 Å². The highest BCUT2D eigenvalue weighted by Crippen LogP contribution is 2.35. The number of amides is 2. The van der Waals surface area contributed by atoms with Crippen molar-refractivity contribution in [3.63, 3.8) is 0 Å². The third-order valence-corrected chi connectivity index (χ3v) is 7.80. The van der Waals surface area contributed by atoms with Crippen LogP contribution in [0.4, 0.5) is 5.69 Å². The van der Waals surface area contributed by atoms with E-state index in [1.807, 2.05) is 72.8 Å². The van der Waals surface area contributed by atoms with Crippen molar-refractivity contribution in [1.82, 2.24) is 4.90 Å². The monoisotopic (exact) mass is 518 g/mol. The highest BCUT2D eigenvalue weighted by molar-refractivity contribution is 8.26. The van der Waals surface area contributed by atoms with Gasteiger partial charge in [0.2, 0.25) is 5.91 Å². The van der Waals surface area contributed by atoms with E-state index in [1.54, 1.807) is 24.4 Å². The lowest BCUT2D eigenvalue weighted by atomic mass is 10.2. The van der Waals surface area contributed by atoms with Crippen molar-refractivity contribution in [1.29, 1.82) is 0 Å². The number of carbonyl (C=O) groups is 2. The van der Waals surface area contributed by atoms with E-state index in [0.29, 0.717) is 25.6 Å². The number of thiocarbonyl (C=S) groups is 1. The Labute approximate surface area is 216 Å². The predicted molar refractivity (Wildman–Crippen MR) is 148 cm³/mol. The fraction of sp³-hybridized carbons (Fsp3) is 0.0741. The van der Waals surface area contributed by atoms with Crippen LogP contribution < -0.4 is 5.32 Å². The number of benzene rings is 3. The first-order valence-corrected chi connectivity index (χ1v) is 13.3. The molecule has 1 unspecified atom stereocenters. The molecule has 0 bridgehead atoms. The van der Waals surface area contributed by atoms with Crippen molar-refractivity contribution in [3.8, 4) is 0 Å². The molecular weight excluding hydrogens is 497 g/mol. The molecule has 1 fully saturated rings. The van der Waals surface area contributed by atoms with Gasteiger partial charge in [0.15, 0.2) is 4.32 Å². The molecule has 1 aliphatic rings. The van der Waals surface area contributed by atoms with Crippen LogP contribution in [0.15, 0.2) is 96.0 Å². The van der Waals surface area contributed by atoms with E-state index < -0.39 is 10.8 Å². The molecule has 0 spiro atoms. The Morgan fingerprint density at radius 1 is 1.00 bits per heavy atom. The lowest BCUT2D eigenvalue weighted by Crippen LogP contribution is -2.22. The largest absolute Gasteiger partial charge is 0.326 e. The molecule has 3 aromatic carbocycles. The average Bonchev–Trinajstić information content (AvgIpc) is 3.11. The second-order valence-corrected chi connectivity index (χ2v) is 10.8. The molecule has 1 heterocycles. The van der Waals surface area contributed by atoms with Crippen LogP contribution >= 0.6 is 24.0 Å². The molecule has 2 amide bonds. The van der Waals surface area contributed by atoms with Crippen molar-refractivity contribution in [3.05, 3.63) is 113 Å². The third-order valence-electron chi connectivity index (χ3n) is 5.04. The lowest BCUT2D eigenvalue weighted by molar-refractivity contribution is -0.120. The number of rotatable bonds is 7. The van der Waals surface area contributed by atoms with Crippen LogP contribution in [0.5, 0.6) is 0 Å². The normalized spacial score (nSPS) is 16.0. The zero-order chi connectivity index (χ0) is 24.8. The molecule has 1 saturated heterocycles. The first-order chi connectivity index (χ1) is 16.9. The summed E-state index contributed by atoms with van der Waals surface area (Å²) in [5.41, 5.74) is 3.20. The fourth-order valence-electron chi connectivity index (χ4n) is 3.40. The Balaban J connectivity index is 1.61. The summed E-state index contributed by atoms with van der Waals surface area (Å²) >= 11 is 6.70. The molecule has 0 aromatic heterocycles. The smallest absolute Gasteiger partial charge is 0.270 e. The van der Waals surface area contributed by atoms with Gasteiger partial charge in [-0.1, -0.05) is 96.8 Å². The standard InChI is InChI=1S/C27H22N2O3S3/c1-19(30)28-23-14-12-20(13-15-23)16-24-26(31)29(27(33)34-24)17-25(22-10-6-3-7-11-22)35(32)18-21-8-4-2-5-9-21/h2-17H,18H2,1H3,(H,28,30)/b24-16-,25-17-. The minimum absolute atomic E-state index is 0.149. The number of nitrogens with one attached hydrogen (secondary N) is 1. The number of carbonyl (C=O) groups excluding carboxylic acids is 2. The van der Waals surface area contributed by atoms with Gasteiger partial charge in [-0.05, 0) is 34.9 Å². The van der Waals surface area contributed by atoms with Crippen LogP contribution in [0.2, 0.25) is 0 Å². The number of hydrogen-bond acceptors (Lipinski definition) is 5. The summed E-state index contributed by atoms with van der Waals surface area (Å²) in [7, 11) is -1.40. The molecule has 1 aliphatic heterocycles. The SMILES string of the molecule is CC(=O)Nc1ccc(/C=C2\SC(=S)N(/C=C(/c3ccccc3)S(=O)Cc3ccccc3)C2=O)cc1. The van der Waals surface area contributed by atoms with Crippen LogP contribution in [-0.4, -0.2) is 25.2 Å². The Kier molecular flexibility index (Phi) is 8.07. The van der Waals surface area contributed by atoms with Gasteiger partial charge in [0.25, 0.3) is 5.91 Å². The van der Waals surface area contributed by atoms with E-state index in [-0.39, 0.29) is 11.8 Å². The molecule has 0 aliphatic carbocycles. The van der Waals surface area contributed by atoms with Gasteiger partial charge >= 0.3 is 0 Å². The van der Waals surface area contributed by atoms with Crippen molar-refractivity contribution >= 4 is 67.6 Å². The Hall–Kier alpha value is -3.33. The average molecular weight is 519 g/mol. The zero-order valence-corrected chi connectivity index (χ0v) is 21.3. The van der Waals surface area contributed by atoms with Gasteiger partial charge in [0, 0.05) is 18.8 Å². The predicted octanol–water partition coefficient (Wildman–Crippen LogP) is 5.79. The minimum atomic E-state index is -1.40. The minimum Gasteiger partial charge on any atom is -0.326 e. The molecule has 1 atom stereocenters. The lowest BCUT2D eigenvalue weighted by Gasteiger charge is -2.14. The van der Waals surface area contributed by atoms with Crippen molar-refractivity contribution in [2.75, 3.05) is 5.32 Å². The van der Waals surface area contributed by atoms with Gasteiger partial charge in [0.1, 0.15) is 0 Å². The Bertz CT molecular complexity index is 1340. The van der Waals surface area contributed by atoms with E-state index in [1.165, 1.54) is 23.6 Å². The highest BCUT2D eigenvalue weighted by atomic mass is 32.2. The highest BCUT2D eigenvalue weighted by Gasteiger charge is 2.32. The van der Waals surface area contributed by atoms with E-state index >= 15 is 0 Å². The number of anilines is 1. The maximum absolute atomic E-state index is 13.4. The van der Waals surface area contributed by atoms with E-state index in [4.69, 9.17) is 12.2 Å². The summed E-state index contributed by atoms with van der Waals surface area (Å²) in [4.78, 5) is 26.8. The van der Waals surface area contributed by atoms with Crippen molar-refractivity contribution in [2.45, 2.75) is 12.7 Å². The van der Waals surface area contributed by atoms with Crippen LogP contribution in [0.1, 0.15) is 23.6 Å². The van der Waals surface area contributed by atoms with E-state index in [9.17, 15) is 13.8 Å². The summed E-state index contributed by atoms with van der Waals surface area (Å²) < 4.78 is 13.8. The van der Waals surface area contributed by atoms with Gasteiger partial charge < -0.3 is 5.32 Å². The summed E-state index contributed by atoms with van der Waals surface area (Å²) in [5.74, 6) is -0.0901. The van der Waals surface area contributed by atoms with Gasteiger partial charge in [-0.2, -0.15) is 0 Å². The molecule has 0 radical (unpaired) electrons. The topological polar surface area (TPSA) is 66.5 Å². The first kappa shape index (κ1) is 24.8. The van der Waals surface area contributed by atoms with Crippen LogP contribution in [-0.2, 0) is 26.1 Å². The van der Waals surface area contributed by atoms with Crippen molar-refractivity contribution < 1.29 is 13.8 Å². The molecule has 5 nitrogen and oxygen atoms in total. The van der Waals surface area contributed by atoms with Crippen LogP contribution in [0.3, 0.4) is 0 Å². The molecule has 1 N–H and O–H groups in total. The Morgan fingerprint density at radius 3 is 2.26 bits per heavy atom. The quantitative estimate of drug-likeness (QED) is 0.317. The zero-order valence-electron chi connectivity index (χ0n) is 18.8. The number of thioether (sulfide) groups is 1. The maximum atomic E-state index is 13.4. The number of hydrogen-bond donors (Lipinski definition) is 1. The second kappa shape index (κ2) is 11.4. The Morgan fingerprint density at radius 2 is 1.63 bits per heavy atom.